The quantitative estimate of drug-likeness (QED) is 0.369. The number of hydrogen-bond acceptors (Lipinski definition) is 5. The zero-order valence-electron chi connectivity index (χ0n) is 19.7. The average Bonchev–Trinajstić information content (AvgIpc) is 3.30. The fraction of sp³-hybridized carbons (Fsp3) is 0.385. The molecule has 0 bridgehead atoms. The predicted molar refractivity (Wildman–Crippen MR) is 135 cm³/mol. The number of amides is 1. The number of nitrogens with zero attached hydrogens (tertiary/aromatic N) is 4. The first kappa shape index (κ1) is 23.5. The molecule has 1 aliphatic carbocycles. The van der Waals surface area contributed by atoms with Gasteiger partial charge < -0.3 is 5.32 Å². The maximum atomic E-state index is 13.3. The summed E-state index contributed by atoms with van der Waals surface area (Å²) in [5.41, 5.74) is 1.93. The van der Waals surface area contributed by atoms with Crippen molar-refractivity contribution in [2.24, 2.45) is 0 Å². The van der Waals surface area contributed by atoms with Gasteiger partial charge in [-0.1, -0.05) is 50.1 Å². The molecule has 2 aromatic carbocycles. The van der Waals surface area contributed by atoms with Gasteiger partial charge in [-0.2, -0.15) is 0 Å². The van der Waals surface area contributed by atoms with Gasteiger partial charge in [0.25, 0.3) is 11.5 Å². The summed E-state index contributed by atoms with van der Waals surface area (Å²) in [6.07, 6.45) is 6.26. The number of hydrogen-bond donors (Lipinski definition) is 1. The monoisotopic (exact) mass is 493 g/mol. The van der Waals surface area contributed by atoms with Crippen LogP contribution in [0.1, 0.15) is 61.4 Å². The molecule has 1 N–H and O–H groups in total. The Labute approximate surface area is 206 Å². The average molecular weight is 494 g/mol. The first-order valence-corrected chi connectivity index (χ1v) is 13.1. The van der Waals surface area contributed by atoms with Crippen LogP contribution in [0.25, 0.3) is 16.7 Å². The van der Waals surface area contributed by atoms with Gasteiger partial charge in [0.15, 0.2) is 5.16 Å². The number of aryl methyl sites for hydroxylation is 1. The Bertz CT molecular complexity index is 1420. The fourth-order valence-corrected chi connectivity index (χ4v) is 5.58. The molecule has 2 heterocycles. The lowest BCUT2D eigenvalue weighted by Gasteiger charge is -2.22. The minimum atomic E-state index is -0.278. The second-order valence-corrected chi connectivity index (χ2v) is 9.97. The highest BCUT2D eigenvalue weighted by Gasteiger charge is 2.20. The first-order valence-electron chi connectivity index (χ1n) is 12.1. The molecular weight excluding hydrogens is 465 g/mol. The topological polar surface area (TPSA) is 81.3 Å². The van der Waals surface area contributed by atoms with Crippen molar-refractivity contribution in [2.75, 3.05) is 0 Å². The number of thioether (sulfide) groups is 1. The van der Waals surface area contributed by atoms with Gasteiger partial charge in [0.1, 0.15) is 5.82 Å². The van der Waals surface area contributed by atoms with Gasteiger partial charge in [-0.15, -0.1) is 10.2 Å². The number of benzene rings is 2. The van der Waals surface area contributed by atoms with E-state index in [1.807, 2.05) is 11.3 Å². The number of nitrogens with one attached hydrogen (secondary N) is 1. The van der Waals surface area contributed by atoms with E-state index in [2.05, 4.69) is 15.5 Å². The van der Waals surface area contributed by atoms with Crippen molar-refractivity contribution in [2.45, 2.75) is 68.9 Å². The van der Waals surface area contributed by atoms with Crippen molar-refractivity contribution in [1.29, 1.82) is 0 Å². The summed E-state index contributed by atoms with van der Waals surface area (Å²) in [5.74, 6) is 0.617. The van der Waals surface area contributed by atoms with Gasteiger partial charge in [0, 0.05) is 23.9 Å². The number of halogens is 1. The molecule has 1 aliphatic rings. The number of rotatable bonds is 7. The third-order valence-electron chi connectivity index (χ3n) is 6.50. The molecule has 0 radical (unpaired) electrons. The molecule has 9 heteroatoms. The third-order valence-corrected chi connectivity index (χ3v) is 7.50. The minimum absolute atomic E-state index is 0.127. The molecule has 0 unspecified atom stereocenters. The molecule has 0 aliphatic heterocycles. The highest BCUT2D eigenvalue weighted by atomic mass is 32.2. The Morgan fingerprint density at radius 1 is 1.11 bits per heavy atom. The van der Waals surface area contributed by atoms with Crippen molar-refractivity contribution < 1.29 is 9.18 Å². The van der Waals surface area contributed by atoms with E-state index in [1.54, 1.807) is 34.9 Å². The van der Waals surface area contributed by atoms with E-state index < -0.39 is 0 Å². The van der Waals surface area contributed by atoms with Crippen LogP contribution < -0.4 is 10.9 Å². The maximum absolute atomic E-state index is 13.3. The molecule has 0 spiro atoms. The summed E-state index contributed by atoms with van der Waals surface area (Å²) in [6.45, 7) is 2.52. The summed E-state index contributed by atoms with van der Waals surface area (Å²) in [7, 11) is 0. The minimum Gasteiger partial charge on any atom is -0.349 e. The molecule has 4 aromatic rings. The Balaban J connectivity index is 1.56. The molecule has 1 amide bonds. The van der Waals surface area contributed by atoms with Crippen LogP contribution in [0.4, 0.5) is 4.39 Å². The molecule has 1 fully saturated rings. The highest BCUT2D eigenvalue weighted by Crippen LogP contribution is 2.26. The van der Waals surface area contributed by atoms with E-state index in [9.17, 15) is 14.0 Å². The molecule has 7 nitrogen and oxygen atoms in total. The van der Waals surface area contributed by atoms with Crippen LogP contribution in [0, 0.1) is 5.82 Å². The summed E-state index contributed by atoms with van der Waals surface area (Å²) >= 11 is 1.46. The Hall–Kier alpha value is -3.20. The van der Waals surface area contributed by atoms with Crippen LogP contribution in [-0.2, 0) is 12.3 Å². The van der Waals surface area contributed by atoms with E-state index in [1.165, 1.54) is 30.3 Å². The summed E-state index contributed by atoms with van der Waals surface area (Å²) < 4.78 is 16.8. The lowest BCUT2D eigenvalue weighted by atomic mass is 9.95. The molecule has 182 valence electrons. The van der Waals surface area contributed by atoms with E-state index in [-0.39, 0.29) is 23.3 Å². The van der Waals surface area contributed by atoms with Crippen LogP contribution in [0.15, 0.2) is 52.4 Å². The molecule has 5 rings (SSSR count). The van der Waals surface area contributed by atoms with E-state index in [4.69, 9.17) is 0 Å². The van der Waals surface area contributed by atoms with E-state index in [0.717, 1.165) is 37.7 Å². The van der Waals surface area contributed by atoms with Gasteiger partial charge in [-0.25, -0.2) is 4.39 Å². The zero-order valence-corrected chi connectivity index (χ0v) is 20.5. The lowest BCUT2D eigenvalue weighted by molar-refractivity contribution is 0.0928. The van der Waals surface area contributed by atoms with Crippen LogP contribution in [0.3, 0.4) is 0 Å². The molecule has 1 saturated carbocycles. The largest absolute Gasteiger partial charge is 0.349 e. The van der Waals surface area contributed by atoms with Gasteiger partial charge in [0.05, 0.1) is 10.9 Å². The summed E-state index contributed by atoms with van der Waals surface area (Å²) in [6, 6.07) is 11.8. The van der Waals surface area contributed by atoms with Crippen molar-refractivity contribution in [3.8, 4) is 0 Å². The molecule has 0 saturated heterocycles. The highest BCUT2D eigenvalue weighted by molar-refractivity contribution is 7.98. The number of fused-ring (bicyclic) bond motifs is 3. The molecule has 0 atom stereocenters. The first-order chi connectivity index (χ1) is 17.0. The Morgan fingerprint density at radius 3 is 2.63 bits per heavy atom. The van der Waals surface area contributed by atoms with Crippen molar-refractivity contribution in [3.05, 3.63) is 69.8 Å². The summed E-state index contributed by atoms with van der Waals surface area (Å²) in [4.78, 5) is 26.3. The van der Waals surface area contributed by atoms with Crippen molar-refractivity contribution in [1.82, 2.24) is 24.5 Å². The van der Waals surface area contributed by atoms with Gasteiger partial charge in [-0.05, 0) is 55.2 Å². The van der Waals surface area contributed by atoms with Crippen LogP contribution in [-0.4, -0.2) is 31.1 Å². The normalized spacial score (nSPS) is 14.6. The number of carbonyl (C=O) groups excluding carboxylic acids is 1. The fourth-order valence-electron chi connectivity index (χ4n) is 4.69. The number of carbonyl (C=O) groups is 1. The molecule has 2 aromatic heterocycles. The second kappa shape index (κ2) is 10.2. The van der Waals surface area contributed by atoms with Crippen LogP contribution >= 0.6 is 11.8 Å². The maximum Gasteiger partial charge on any atom is 0.262 e. The summed E-state index contributed by atoms with van der Waals surface area (Å²) in [5, 5.41) is 13.0. The SMILES string of the molecule is CCCn1c(=O)c2ccc(C(=O)NC3CCCCC3)cc2n2c(SCc3ccc(F)cc3)nnc12. The van der Waals surface area contributed by atoms with Gasteiger partial charge >= 0.3 is 0 Å². The molecule has 35 heavy (non-hydrogen) atoms. The smallest absolute Gasteiger partial charge is 0.262 e. The Morgan fingerprint density at radius 2 is 1.89 bits per heavy atom. The van der Waals surface area contributed by atoms with E-state index >= 15 is 0 Å². The third kappa shape index (κ3) is 4.82. The van der Waals surface area contributed by atoms with Crippen LogP contribution in [0.5, 0.6) is 0 Å². The standard InChI is InChI=1S/C26H28FN5O2S/c1-2-14-31-24(34)21-13-10-18(23(33)28-20-6-4-3-5-7-20)15-22(21)32-25(31)29-30-26(32)35-16-17-8-11-19(27)12-9-17/h8-13,15,20H,2-7,14,16H2,1H3,(H,28,33). The van der Waals surface area contributed by atoms with Crippen molar-refractivity contribution >= 4 is 34.3 Å². The van der Waals surface area contributed by atoms with Crippen LogP contribution in [0.2, 0.25) is 0 Å². The second-order valence-electron chi connectivity index (χ2n) is 9.03. The van der Waals surface area contributed by atoms with E-state index in [0.29, 0.717) is 39.7 Å². The van der Waals surface area contributed by atoms with Crippen molar-refractivity contribution in [3.63, 3.8) is 0 Å². The van der Waals surface area contributed by atoms with Gasteiger partial charge in [0.2, 0.25) is 5.78 Å². The lowest BCUT2D eigenvalue weighted by Crippen LogP contribution is -2.36. The Kier molecular flexibility index (Phi) is 6.86. The number of aromatic nitrogens is 4. The van der Waals surface area contributed by atoms with Gasteiger partial charge in [-0.3, -0.25) is 18.6 Å². The molecular formula is C26H28FN5O2S. The predicted octanol–water partition coefficient (Wildman–Crippen LogP) is 4.95. The zero-order chi connectivity index (χ0) is 24.4.